The number of nitrogens with zero attached hydrogens (tertiary/aromatic N) is 2. The number of thiophene rings is 1. The van der Waals surface area contributed by atoms with Gasteiger partial charge in [-0.15, -0.1) is 11.3 Å². The van der Waals surface area contributed by atoms with E-state index in [1.165, 1.54) is 24.0 Å². The highest BCUT2D eigenvalue weighted by molar-refractivity contribution is 7.80. The van der Waals surface area contributed by atoms with Crippen molar-refractivity contribution in [2.24, 2.45) is 7.05 Å². The summed E-state index contributed by atoms with van der Waals surface area (Å²) in [6.45, 7) is 2.50. The van der Waals surface area contributed by atoms with Crippen LogP contribution in [0.15, 0.2) is 42.5 Å². The van der Waals surface area contributed by atoms with Gasteiger partial charge in [-0.1, -0.05) is 30.3 Å². The molecule has 3 rings (SSSR count). The molecule has 0 aliphatic heterocycles. The Balaban J connectivity index is 1.70. The number of thiocarbonyl (C=S) groups is 1. The van der Waals surface area contributed by atoms with Gasteiger partial charge in [-0.25, -0.2) is 4.79 Å². The highest BCUT2D eigenvalue weighted by atomic mass is 32.1. The number of carbonyl (C=O) groups is 1. The van der Waals surface area contributed by atoms with Crippen LogP contribution in [-0.4, -0.2) is 28.0 Å². The number of aryl methyl sites for hydroxylation is 2. The molecule has 0 unspecified atom stereocenters. The van der Waals surface area contributed by atoms with Crippen LogP contribution >= 0.6 is 23.6 Å². The fourth-order valence-electron chi connectivity index (χ4n) is 2.72. The van der Waals surface area contributed by atoms with Gasteiger partial charge in [-0.3, -0.25) is 4.68 Å². The lowest BCUT2D eigenvalue weighted by Crippen LogP contribution is -2.28. The fraction of sp³-hybridized carbons (Fsp3) is 0.250. The zero-order valence-corrected chi connectivity index (χ0v) is 17.6. The van der Waals surface area contributed by atoms with Gasteiger partial charge in [-0.2, -0.15) is 5.10 Å². The van der Waals surface area contributed by atoms with Gasteiger partial charge in [0, 0.05) is 24.0 Å². The number of methoxy groups -OCH3 is 1. The number of benzene rings is 1. The largest absolute Gasteiger partial charge is 0.465 e. The lowest BCUT2D eigenvalue weighted by Gasteiger charge is -2.09. The Bertz CT molecular complexity index is 960. The van der Waals surface area contributed by atoms with E-state index < -0.39 is 0 Å². The predicted molar refractivity (Wildman–Crippen MR) is 116 cm³/mol. The average molecular weight is 415 g/mol. The first-order chi connectivity index (χ1) is 13.5. The summed E-state index contributed by atoms with van der Waals surface area (Å²) >= 11 is 6.89. The van der Waals surface area contributed by atoms with Gasteiger partial charge < -0.3 is 15.4 Å². The van der Waals surface area contributed by atoms with Gasteiger partial charge in [-0.05, 0) is 36.8 Å². The number of carbonyl (C=O) groups excluding carboxylic acids is 1. The summed E-state index contributed by atoms with van der Waals surface area (Å²) in [6.07, 6.45) is 0.741. The number of anilines is 1. The van der Waals surface area contributed by atoms with Gasteiger partial charge in [0.05, 0.1) is 24.9 Å². The summed E-state index contributed by atoms with van der Waals surface area (Å²) in [4.78, 5) is 13.2. The maximum atomic E-state index is 12.2. The molecule has 3 aromatic rings. The van der Waals surface area contributed by atoms with Crippen LogP contribution in [0.1, 0.15) is 32.2 Å². The molecule has 2 N–H and O–H groups in total. The number of hydrogen-bond acceptors (Lipinski definition) is 5. The maximum absolute atomic E-state index is 12.2. The Morgan fingerprint density at radius 1 is 1.29 bits per heavy atom. The third-order valence-electron chi connectivity index (χ3n) is 4.23. The first kappa shape index (κ1) is 20.0. The second-order valence-corrected chi connectivity index (χ2v) is 7.86. The Morgan fingerprint density at radius 3 is 2.68 bits per heavy atom. The van der Waals surface area contributed by atoms with E-state index in [0.717, 1.165) is 22.7 Å². The van der Waals surface area contributed by atoms with Gasteiger partial charge in [0.2, 0.25) is 0 Å². The van der Waals surface area contributed by atoms with E-state index in [1.807, 2.05) is 49.0 Å². The summed E-state index contributed by atoms with van der Waals surface area (Å²) < 4.78 is 6.74. The highest BCUT2D eigenvalue weighted by Gasteiger charge is 2.18. The minimum Gasteiger partial charge on any atom is -0.465 e. The van der Waals surface area contributed by atoms with Gasteiger partial charge in [0.15, 0.2) is 5.11 Å². The van der Waals surface area contributed by atoms with E-state index in [1.54, 1.807) is 0 Å². The minimum atomic E-state index is -0.388. The van der Waals surface area contributed by atoms with Crippen LogP contribution < -0.4 is 10.6 Å². The normalized spacial score (nSPS) is 10.5. The number of esters is 1. The molecule has 0 aliphatic rings. The third-order valence-corrected chi connectivity index (χ3v) is 5.53. The van der Waals surface area contributed by atoms with Gasteiger partial charge in [0.25, 0.3) is 0 Å². The minimum absolute atomic E-state index is 0.388. The number of nitrogens with one attached hydrogen (secondary N) is 2. The Morgan fingerprint density at radius 2 is 2.04 bits per heavy atom. The molecule has 1 aromatic carbocycles. The molecular weight excluding hydrogens is 392 g/mol. The summed E-state index contributed by atoms with van der Waals surface area (Å²) in [5, 5.41) is 11.8. The molecule has 146 valence electrons. The lowest BCUT2D eigenvalue weighted by atomic mass is 10.1. The van der Waals surface area contributed by atoms with E-state index in [9.17, 15) is 4.79 Å². The summed E-state index contributed by atoms with van der Waals surface area (Å²) in [6, 6.07) is 14.0. The molecule has 28 heavy (non-hydrogen) atoms. The molecule has 2 heterocycles. The molecule has 0 bridgehead atoms. The fourth-order valence-corrected chi connectivity index (χ4v) is 4.04. The number of hydrogen-bond donors (Lipinski definition) is 2. The van der Waals surface area contributed by atoms with Crippen LogP contribution in [0, 0.1) is 6.92 Å². The van der Waals surface area contributed by atoms with Gasteiger partial charge in [0.1, 0.15) is 5.00 Å². The molecular formula is C20H22N4O2S2. The van der Waals surface area contributed by atoms with E-state index in [4.69, 9.17) is 17.0 Å². The smallest absolute Gasteiger partial charge is 0.340 e. The average Bonchev–Trinajstić information content (AvgIpc) is 3.22. The van der Waals surface area contributed by atoms with Crippen molar-refractivity contribution in [2.45, 2.75) is 19.9 Å². The molecule has 0 radical (unpaired) electrons. The van der Waals surface area contributed by atoms with Crippen LogP contribution in [0.2, 0.25) is 0 Å². The second kappa shape index (κ2) is 8.99. The highest BCUT2D eigenvalue weighted by Crippen LogP contribution is 2.30. The van der Waals surface area contributed by atoms with E-state index >= 15 is 0 Å². The standard InChI is InChI=1S/C20H22N4O2S2/c1-13-9-15(23-24(13)2)12-21-20(27)22-18-17(19(25)26-3)11-16(28-18)10-14-7-5-4-6-8-14/h4-9,11H,10,12H2,1-3H3,(H2,21,22,27). The Kier molecular flexibility index (Phi) is 6.43. The Labute approximate surface area is 173 Å². The lowest BCUT2D eigenvalue weighted by molar-refractivity contribution is 0.0602. The van der Waals surface area contributed by atoms with Crippen LogP contribution in [0.3, 0.4) is 0 Å². The van der Waals surface area contributed by atoms with Crippen LogP contribution in [0.5, 0.6) is 0 Å². The molecule has 6 nitrogen and oxygen atoms in total. The SMILES string of the molecule is COC(=O)c1cc(Cc2ccccc2)sc1NC(=S)NCc1cc(C)n(C)n1. The molecule has 0 spiro atoms. The first-order valence-electron chi connectivity index (χ1n) is 8.75. The predicted octanol–water partition coefficient (Wildman–Crippen LogP) is 3.65. The number of ether oxygens (including phenoxy) is 1. The van der Waals surface area contributed by atoms with Crippen molar-refractivity contribution in [3.8, 4) is 0 Å². The van der Waals surface area contributed by atoms with Crippen molar-refractivity contribution in [1.29, 1.82) is 0 Å². The van der Waals surface area contributed by atoms with Crippen LogP contribution in [0.25, 0.3) is 0 Å². The van der Waals surface area contributed by atoms with Crippen LogP contribution in [0.4, 0.5) is 5.00 Å². The molecule has 0 saturated heterocycles. The van der Waals surface area contributed by atoms with E-state index in [-0.39, 0.29) is 5.97 Å². The summed E-state index contributed by atoms with van der Waals surface area (Å²) in [7, 11) is 3.28. The summed E-state index contributed by atoms with van der Waals surface area (Å²) in [5.41, 5.74) is 3.63. The van der Waals surface area contributed by atoms with Crippen molar-refractivity contribution in [2.75, 3.05) is 12.4 Å². The van der Waals surface area contributed by atoms with Gasteiger partial charge >= 0.3 is 5.97 Å². The summed E-state index contributed by atoms with van der Waals surface area (Å²) in [5.74, 6) is -0.388. The quantitative estimate of drug-likeness (QED) is 0.474. The van der Waals surface area contributed by atoms with E-state index in [0.29, 0.717) is 22.2 Å². The molecule has 0 saturated carbocycles. The number of rotatable bonds is 6. The van der Waals surface area contributed by atoms with Crippen molar-refractivity contribution >= 4 is 39.6 Å². The number of aromatic nitrogens is 2. The van der Waals surface area contributed by atoms with Crippen molar-refractivity contribution < 1.29 is 9.53 Å². The zero-order chi connectivity index (χ0) is 20.1. The molecule has 8 heteroatoms. The first-order valence-corrected chi connectivity index (χ1v) is 9.98. The molecule has 0 amide bonds. The van der Waals surface area contributed by atoms with Crippen molar-refractivity contribution in [3.63, 3.8) is 0 Å². The van der Waals surface area contributed by atoms with E-state index in [2.05, 4.69) is 27.9 Å². The van der Waals surface area contributed by atoms with Crippen LogP contribution in [-0.2, 0) is 24.8 Å². The second-order valence-electron chi connectivity index (χ2n) is 6.32. The molecule has 0 aliphatic carbocycles. The monoisotopic (exact) mass is 414 g/mol. The topological polar surface area (TPSA) is 68.2 Å². The van der Waals surface area contributed by atoms with Crippen molar-refractivity contribution in [3.05, 3.63) is 69.9 Å². The maximum Gasteiger partial charge on any atom is 0.340 e. The van der Waals surface area contributed by atoms with Crippen molar-refractivity contribution in [1.82, 2.24) is 15.1 Å². The Hall–Kier alpha value is -2.71. The molecule has 2 aromatic heterocycles. The third kappa shape index (κ3) is 4.96. The zero-order valence-electron chi connectivity index (χ0n) is 16.0. The molecule has 0 atom stereocenters. The molecule has 0 fully saturated rings.